The first kappa shape index (κ1) is 16.3. The summed E-state index contributed by atoms with van der Waals surface area (Å²) in [6.07, 6.45) is 1.21. The van der Waals surface area contributed by atoms with E-state index in [2.05, 4.69) is 16.7 Å². The molecule has 0 saturated carbocycles. The van der Waals surface area contributed by atoms with E-state index in [4.69, 9.17) is 9.47 Å². The van der Waals surface area contributed by atoms with Crippen LogP contribution in [0.15, 0.2) is 18.2 Å². The molecule has 0 amide bonds. The van der Waals surface area contributed by atoms with Gasteiger partial charge in [-0.05, 0) is 31.5 Å². The van der Waals surface area contributed by atoms with E-state index in [1.807, 2.05) is 18.2 Å². The summed E-state index contributed by atoms with van der Waals surface area (Å²) >= 11 is 0. The van der Waals surface area contributed by atoms with E-state index in [1.54, 1.807) is 6.92 Å². The zero-order valence-corrected chi connectivity index (χ0v) is 14.1. The molecular formula is C18H26N2O3. The van der Waals surface area contributed by atoms with Gasteiger partial charge in [-0.25, -0.2) is 0 Å². The second-order valence-electron chi connectivity index (χ2n) is 6.29. The second-order valence-corrected chi connectivity index (χ2v) is 6.29. The molecule has 3 rings (SSSR count). The van der Waals surface area contributed by atoms with Crippen LogP contribution in [0.4, 0.5) is 5.69 Å². The molecule has 0 N–H and O–H groups in total. The number of Topliss-reactive ketones (excluding diaryl/α,β-unsaturated/α-hetero) is 1. The summed E-state index contributed by atoms with van der Waals surface area (Å²) in [5, 5.41) is 0. The number of anilines is 1. The van der Waals surface area contributed by atoms with Crippen LogP contribution in [0.3, 0.4) is 0 Å². The van der Waals surface area contributed by atoms with Gasteiger partial charge in [-0.3, -0.25) is 9.69 Å². The summed E-state index contributed by atoms with van der Waals surface area (Å²) in [6.45, 7) is 10.3. The predicted molar refractivity (Wildman–Crippen MR) is 90.6 cm³/mol. The molecule has 0 spiro atoms. The lowest BCUT2D eigenvalue weighted by molar-refractivity contribution is 0.0388. The van der Waals surface area contributed by atoms with Crippen LogP contribution in [0.2, 0.25) is 0 Å². The number of nitrogens with zero attached hydrogens (tertiary/aromatic N) is 2. The molecule has 5 nitrogen and oxygen atoms in total. The molecule has 0 bridgehead atoms. The van der Waals surface area contributed by atoms with Crippen molar-refractivity contribution in [1.82, 2.24) is 4.90 Å². The molecule has 1 fully saturated rings. The van der Waals surface area contributed by atoms with E-state index >= 15 is 0 Å². The number of hydrogen-bond donors (Lipinski definition) is 0. The molecule has 23 heavy (non-hydrogen) atoms. The Morgan fingerprint density at radius 1 is 1.26 bits per heavy atom. The summed E-state index contributed by atoms with van der Waals surface area (Å²) < 4.78 is 11.5. The smallest absolute Gasteiger partial charge is 0.159 e. The largest absolute Gasteiger partial charge is 0.486 e. The number of carbonyl (C=O) groups is 1. The minimum atomic E-state index is 0.0959. The van der Waals surface area contributed by atoms with Crippen LogP contribution in [0.25, 0.3) is 0 Å². The number of ether oxygens (including phenoxy) is 2. The first-order chi connectivity index (χ1) is 11.2. The molecule has 1 aromatic carbocycles. The lowest BCUT2D eigenvalue weighted by Gasteiger charge is -2.38. The summed E-state index contributed by atoms with van der Waals surface area (Å²) in [6, 6.07) is 5.78. The fraction of sp³-hybridized carbons (Fsp3) is 0.611. The topological polar surface area (TPSA) is 42.0 Å². The van der Waals surface area contributed by atoms with Crippen molar-refractivity contribution in [3.05, 3.63) is 23.8 Å². The third kappa shape index (κ3) is 3.85. The zero-order valence-electron chi connectivity index (χ0n) is 14.1. The molecule has 1 aromatic rings. The number of hydrogen-bond acceptors (Lipinski definition) is 5. The van der Waals surface area contributed by atoms with Crippen molar-refractivity contribution in [2.24, 2.45) is 0 Å². The number of carbonyl (C=O) groups excluding carboxylic acids is 1. The maximum atomic E-state index is 11.7. The number of benzene rings is 1. The van der Waals surface area contributed by atoms with E-state index in [-0.39, 0.29) is 11.9 Å². The van der Waals surface area contributed by atoms with Gasteiger partial charge in [0.2, 0.25) is 0 Å². The van der Waals surface area contributed by atoms with Gasteiger partial charge < -0.3 is 14.4 Å². The minimum absolute atomic E-state index is 0.0959. The van der Waals surface area contributed by atoms with Gasteiger partial charge in [-0.15, -0.1) is 0 Å². The van der Waals surface area contributed by atoms with E-state index in [0.717, 1.165) is 69.4 Å². The van der Waals surface area contributed by atoms with E-state index in [0.29, 0.717) is 0 Å². The van der Waals surface area contributed by atoms with Gasteiger partial charge in [0.05, 0.1) is 25.4 Å². The van der Waals surface area contributed by atoms with Crippen molar-refractivity contribution in [1.29, 1.82) is 0 Å². The molecule has 2 heterocycles. The Bertz CT molecular complexity index is 555. The summed E-state index contributed by atoms with van der Waals surface area (Å²) in [5.74, 6) is 0.994. The molecular weight excluding hydrogens is 292 g/mol. The highest BCUT2D eigenvalue weighted by atomic mass is 16.5. The number of fused-ring (bicyclic) bond motifs is 1. The van der Waals surface area contributed by atoms with Gasteiger partial charge in [-0.2, -0.15) is 0 Å². The first-order valence-corrected chi connectivity index (χ1v) is 8.54. The predicted octanol–water partition coefficient (Wildman–Crippen LogP) is 2.20. The normalized spacial score (nSPS) is 21.7. The first-order valence-electron chi connectivity index (χ1n) is 8.54. The molecule has 0 radical (unpaired) electrons. The van der Waals surface area contributed by atoms with Crippen LogP contribution in [-0.2, 0) is 4.74 Å². The standard InChI is InChI=1S/C18H26N2O3/c1-3-16-13-20(7-6-19-8-10-22-11-9-19)17-12-15(14(2)21)4-5-18(17)23-16/h4-5,12,16H,3,6-11,13H2,1-2H3. The van der Waals surface area contributed by atoms with Crippen molar-refractivity contribution >= 4 is 11.5 Å². The number of rotatable bonds is 5. The molecule has 0 aliphatic carbocycles. The van der Waals surface area contributed by atoms with Crippen LogP contribution in [0, 0.1) is 0 Å². The zero-order chi connectivity index (χ0) is 16.2. The third-order valence-corrected chi connectivity index (χ3v) is 4.67. The molecule has 2 aliphatic rings. The highest BCUT2D eigenvalue weighted by Gasteiger charge is 2.25. The van der Waals surface area contributed by atoms with Gasteiger partial charge in [0.15, 0.2) is 5.78 Å². The van der Waals surface area contributed by atoms with E-state index in [9.17, 15) is 4.79 Å². The maximum Gasteiger partial charge on any atom is 0.159 e. The fourth-order valence-corrected chi connectivity index (χ4v) is 3.16. The second kappa shape index (κ2) is 7.32. The van der Waals surface area contributed by atoms with Crippen molar-refractivity contribution in [2.75, 3.05) is 50.8 Å². The van der Waals surface area contributed by atoms with Crippen LogP contribution in [0.1, 0.15) is 30.6 Å². The van der Waals surface area contributed by atoms with Crippen LogP contribution in [-0.4, -0.2) is 62.7 Å². The Morgan fingerprint density at radius 3 is 2.74 bits per heavy atom. The van der Waals surface area contributed by atoms with Crippen molar-refractivity contribution in [3.63, 3.8) is 0 Å². The lowest BCUT2D eigenvalue weighted by atomic mass is 10.1. The van der Waals surface area contributed by atoms with Gasteiger partial charge in [-0.1, -0.05) is 6.92 Å². The molecule has 1 unspecified atom stereocenters. The molecule has 2 aliphatic heterocycles. The Labute approximate surface area is 138 Å². The third-order valence-electron chi connectivity index (χ3n) is 4.67. The van der Waals surface area contributed by atoms with Gasteiger partial charge in [0.25, 0.3) is 0 Å². The van der Waals surface area contributed by atoms with E-state index in [1.165, 1.54) is 0 Å². The molecule has 1 saturated heterocycles. The van der Waals surface area contributed by atoms with Crippen molar-refractivity contribution in [3.8, 4) is 5.75 Å². The monoisotopic (exact) mass is 318 g/mol. The molecule has 0 aromatic heterocycles. The molecule has 1 atom stereocenters. The number of morpholine rings is 1. The van der Waals surface area contributed by atoms with Crippen molar-refractivity contribution < 1.29 is 14.3 Å². The van der Waals surface area contributed by atoms with Crippen LogP contribution in [0.5, 0.6) is 5.75 Å². The van der Waals surface area contributed by atoms with Crippen molar-refractivity contribution in [2.45, 2.75) is 26.4 Å². The fourth-order valence-electron chi connectivity index (χ4n) is 3.16. The average Bonchev–Trinajstić information content (AvgIpc) is 2.59. The highest BCUT2D eigenvalue weighted by Crippen LogP contribution is 2.35. The van der Waals surface area contributed by atoms with E-state index < -0.39 is 0 Å². The van der Waals surface area contributed by atoms with Gasteiger partial charge in [0, 0.05) is 31.7 Å². The van der Waals surface area contributed by atoms with Crippen LogP contribution >= 0.6 is 0 Å². The summed E-state index contributed by atoms with van der Waals surface area (Å²) in [5.41, 5.74) is 1.80. The Morgan fingerprint density at radius 2 is 2.04 bits per heavy atom. The summed E-state index contributed by atoms with van der Waals surface area (Å²) in [4.78, 5) is 16.5. The minimum Gasteiger partial charge on any atom is -0.486 e. The van der Waals surface area contributed by atoms with Crippen LogP contribution < -0.4 is 9.64 Å². The van der Waals surface area contributed by atoms with Gasteiger partial charge in [0.1, 0.15) is 11.9 Å². The molecule has 5 heteroatoms. The van der Waals surface area contributed by atoms with Gasteiger partial charge >= 0.3 is 0 Å². The summed E-state index contributed by atoms with van der Waals surface area (Å²) in [7, 11) is 0. The Hall–Kier alpha value is -1.59. The highest BCUT2D eigenvalue weighted by molar-refractivity contribution is 5.95. The molecule has 126 valence electrons. The SMILES string of the molecule is CCC1CN(CCN2CCOCC2)c2cc(C(C)=O)ccc2O1. The average molecular weight is 318 g/mol. The lowest BCUT2D eigenvalue weighted by Crippen LogP contribution is -2.45. The number of ketones is 1. The Balaban J connectivity index is 1.75. The maximum absolute atomic E-state index is 11.7. The Kier molecular flexibility index (Phi) is 5.18. The quantitative estimate of drug-likeness (QED) is 0.779.